The van der Waals surface area contributed by atoms with E-state index >= 15 is 0 Å². The summed E-state index contributed by atoms with van der Waals surface area (Å²) in [5.74, 6) is 5.56. The molecule has 2 heterocycles. The van der Waals surface area contributed by atoms with Crippen LogP contribution in [0.1, 0.15) is 6.42 Å². The Balaban J connectivity index is 1.61. The Hall–Kier alpha value is -2.08. The first-order valence-electron chi connectivity index (χ1n) is 9.17. The van der Waals surface area contributed by atoms with E-state index in [0.717, 1.165) is 28.7 Å². The van der Waals surface area contributed by atoms with Gasteiger partial charge in [-0.2, -0.15) is 0 Å². The quantitative estimate of drug-likeness (QED) is 0.489. The second-order valence-electron chi connectivity index (χ2n) is 7.10. The van der Waals surface area contributed by atoms with Crippen LogP contribution in [0.15, 0.2) is 47.6 Å². The topological polar surface area (TPSA) is 36.9 Å². The molecule has 4 nitrogen and oxygen atoms in total. The third-order valence-corrected chi connectivity index (χ3v) is 5.24. The Morgan fingerprint density at radius 3 is 1.78 bits per heavy atom. The van der Waals surface area contributed by atoms with E-state index in [4.69, 9.17) is 31.8 Å². The van der Waals surface area contributed by atoms with E-state index in [1.54, 1.807) is 0 Å². The molecule has 0 saturated heterocycles. The molecule has 2 aliphatic heterocycles. The smallest absolute Gasteiger partial charge is 0.107 e. The average Bonchev–Trinajstić information content (AvgIpc) is 3.05. The van der Waals surface area contributed by atoms with Gasteiger partial charge in [-0.1, -0.05) is 37.2 Å². The van der Waals surface area contributed by atoms with Crippen LogP contribution in [0.2, 0.25) is 0 Å². The zero-order valence-corrected chi connectivity index (χ0v) is 15.6. The molecule has 142 valence electrons. The second kappa shape index (κ2) is 9.22. The van der Waals surface area contributed by atoms with Gasteiger partial charge in [0.2, 0.25) is 0 Å². The Kier molecular flexibility index (Phi) is 6.72. The number of hydrogen-bond donors (Lipinski definition) is 0. The molecule has 0 spiro atoms. The first-order valence-corrected chi connectivity index (χ1v) is 9.17. The Morgan fingerprint density at radius 1 is 0.926 bits per heavy atom. The van der Waals surface area contributed by atoms with Crippen LogP contribution in [0.5, 0.6) is 0 Å². The van der Waals surface area contributed by atoms with Crippen LogP contribution in [-0.2, 0) is 18.9 Å². The fraction of sp³-hybridized carbons (Fsp3) is 0.478. The van der Waals surface area contributed by atoms with Crippen LogP contribution >= 0.6 is 0 Å². The van der Waals surface area contributed by atoms with Crippen LogP contribution in [-0.4, -0.2) is 51.8 Å². The molecule has 27 heavy (non-hydrogen) atoms. The lowest BCUT2D eigenvalue weighted by Crippen LogP contribution is -2.38. The molecule has 3 rings (SSSR count). The van der Waals surface area contributed by atoms with Gasteiger partial charge in [-0.15, -0.1) is 12.8 Å². The molecule has 3 aliphatic rings. The number of fused-ring (bicyclic) bond motifs is 3. The van der Waals surface area contributed by atoms with Crippen molar-refractivity contribution in [2.75, 3.05) is 39.6 Å². The van der Waals surface area contributed by atoms with Gasteiger partial charge in [-0.25, -0.2) is 0 Å². The summed E-state index contributed by atoms with van der Waals surface area (Å²) in [6.45, 7) is 10.7. The summed E-state index contributed by atoms with van der Waals surface area (Å²) in [7, 11) is 0. The molecule has 1 fully saturated rings. The molecule has 0 radical (unpaired) electrons. The van der Waals surface area contributed by atoms with E-state index in [9.17, 15) is 0 Å². The molecule has 4 heteroatoms. The third kappa shape index (κ3) is 4.61. The van der Waals surface area contributed by atoms with Crippen molar-refractivity contribution in [1.82, 2.24) is 0 Å². The minimum atomic E-state index is 0.0851. The summed E-state index contributed by atoms with van der Waals surface area (Å²) in [4.78, 5) is 0. The van der Waals surface area contributed by atoms with Crippen molar-refractivity contribution in [3.05, 3.63) is 47.6 Å². The SMILES string of the molecule is C#CCOCC(=C)C1=C[C@H]2C[C@H]3C=C(C(=C)COCC#C)CO[C@H]3[C@H]2OC1. The van der Waals surface area contributed by atoms with Gasteiger partial charge in [0.05, 0.1) is 38.6 Å². The summed E-state index contributed by atoms with van der Waals surface area (Å²) in [6.07, 6.45) is 16.1. The van der Waals surface area contributed by atoms with Crippen LogP contribution in [0.25, 0.3) is 0 Å². The lowest BCUT2D eigenvalue weighted by molar-refractivity contribution is -0.0714. The standard InChI is InChI=1S/C23H26O4/c1-5-7-24-12-16(3)20-10-18-9-19-11-21(17(4)13-25-8-6-2)15-27-23(19)22(18)26-14-20/h1-2,10-11,18-19,22-23H,3-4,7-9,12-15H2/t18-,19+,22+,23-. The molecule has 0 N–H and O–H groups in total. The molecule has 0 aromatic rings. The maximum absolute atomic E-state index is 6.14. The van der Waals surface area contributed by atoms with Gasteiger partial charge in [-0.05, 0) is 28.7 Å². The molecule has 1 saturated carbocycles. The fourth-order valence-electron chi connectivity index (χ4n) is 3.91. The lowest BCUT2D eigenvalue weighted by atomic mass is 9.95. The van der Waals surface area contributed by atoms with Crippen molar-refractivity contribution in [3.8, 4) is 24.7 Å². The minimum Gasteiger partial charge on any atom is -0.370 e. The average molecular weight is 366 g/mol. The number of ether oxygens (including phenoxy) is 4. The number of rotatable bonds is 8. The zero-order chi connectivity index (χ0) is 19.2. The van der Waals surface area contributed by atoms with E-state index in [1.807, 2.05) is 0 Å². The van der Waals surface area contributed by atoms with E-state index in [0.29, 0.717) is 51.5 Å². The molecule has 0 unspecified atom stereocenters. The van der Waals surface area contributed by atoms with Crippen LogP contribution < -0.4 is 0 Å². The van der Waals surface area contributed by atoms with Gasteiger partial charge in [-0.3, -0.25) is 0 Å². The summed E-state index contributed by atoms with van der Waals surface area (Å²) in [5, 5.41) is 0. The predicted octanol–water partition coefficient (Wildman–Crippen LogP) is 2.68. The Labute approximate surface area is 161 Å². The molecule has 1 aliphatic carbocycles. The molecular formula is C23H26O4. The summed E-state index contributed by atoms with van der Waals surface area (Å²) in [5.41, 5.74) is 4.05. The van der Waals surface area contributed by atoms with E-state index < -0.39 is 0 Å². The van der Waals surface area contributed by atoms with E-state index in [2.05, 4.69) is 37.2 Å². The Morgan fingerprint density at radius 2 is 1.37 bits per heavy atom. The highest BCUT2D eigenvalue weighted by Crippen LogP contribution is 2.43. The number of hydrogen-bond acceptors (Lipinski definition) is 4. The highest BCUT2D eigenvalue weighted by atomic mass is 16.5. The summed E-state index contributed by atoms with van der Waals surface area (Å²) in [6, 6.07) is 0. The van der Waals surface area contributed by atoms with Gasteiger partial charge in [0.1, 0.15) is 13.2 Å². The van der Waals surface area contributed by atoms with E-state index in [-0.39, 0.29) is 12.2 Å². The van der Waals surface area contributed by atoms with Crippen molar-refractivity contribution in [1.29, 1.82) is 0 Å². The maximum atomic E-state index is 6.14. The van der Waals surface area contributed by atoms with Crippen molar-refractivity contribution in [2.24, 2.45) is 11.8 Å². The molecule has 4 atom stereocenters. The zero-order valence-electron chi connectivity index (χ0n) is 15.6. The summed E-state index contributed by atoms with van der Waals surface area (Å²) >= 11 is 0. The van der Waals surface area contributed by atoms with Crippen LogP contribution in [0, 0.1) is 36.5 Å². The van der Waals surface area contributed by atoms with E-state index in [1.165, 1.54) is 0 Å². The number of terminal acetylenes is 2. The van der Waals surface area contributed by atoms with Gasteiger partial charge >= 0.3 is 0 Å². The lowest BCUT2D eigenvalue weighted by Gasteiger charge is -2.32. The van der Waals surface area contributed by atoms with Crippen molar-refractivity contribution < 1.29 is 18.9 Å². The first kappa shape index (κ1) is 19.7. The van der Waals surface area contributed by atoms with Crippen LogP contribution in [0.3, 0.4) is 0 Å². The molecule has 0 bridgehead atoms. The minimum absolute atomic E-state index is 0.0851. The van der Waals surface area contributed by atoms with Gasteiger partial charge in [0, 0.05) is 11.8 Å². The Bertz CT molecular complexity index is 668. The van der Waals surface area contributed by atoms with Crippen LogP contribution in [0.4, 0.5) is 0 Å². The molecule has 0 aromatic carbocycles. The summed E-state index contributed by atoms with van der Waals surface area (Å²) < 4.78 is 23.0. The molecule has 0 aromatic heterocycles. The van der Waals surface area contributed by atoms with Gasteiger partial charge in [0.15, 0.2) is 0 Å². The van der Waals surface area contributed by atoms with Crippen molar-refractivity contribution in [2.45, 2.75) is 18.6 Å². The highest BCUT2D eigenvalue weighted by molar-refractivity contribution is 5.36. The normalized spacial score (nSPS) is 28.8. The predicted molar refractivity (Wildman–Crippen MR) is 105 cm³/mol. The molecule has 0 amide bonds. The molecular weight excluding hydrogens is 340 g/mol. The maximum Gasteiger partial charge on any atom is 0.107 e. The van der Waals surface area contributed by atoms with Crippen molar-refractivity contribution >= 4 is 0 Å². The van der Waals surface area contributed by atoms with Gasteiger partial charge in [0.25, 0.3) is 0 Å². The second-order valence-corrected chi connectivity index (χ2v) is 7.10. The first-order chi connectivity index (χ1) is 13.1. The highest BCUT2D eigenvalue weighted by Gasteiger charge is 2.46. The monoisotopic (exact) mass is 366 g/mol. The fourth-order valence-corrected chi connectivity index (χ4v) is 3.91. The van der Waals surface area contributed by atoms with Gasteiger partial charge < -0.3 is 18.9 Å². The third-order valence-electron chi connectivity index (χ3n) is 5.24. The van der Waals surface area contributed by atoms with Crippen molar-refractivity contribution in [3.63, 3.8) is 0 Å². The largest absolute Gasteiger partial charge is 0.370 e.